The monoisotopic (exact) mass is 299 g/mol. The number of aromatic nitrogens is 1. The SMILES string of the molecule is Cc1c(C(F)F)ncc(I)c1CO. The highest BCUT2D eigenvalue weighted by Gasteiger charge is 2.16. The molecule has 0 radical (unpaired) electrons. The fourth-order valence-electron chi connectivity index (χ4n) is 1.05. The molecule has 0 atom stereocenters. The second kappa shape index (κ2) is 4.28. The lowest BCUT2D eigenvalue weighted by molar-refractivity contribution is 0.144. The van der Waals surface area contributed by atoms with E-state index in [0.29, 0.717) is 14.7 Å². The molecule has 0 bridgehead atoms. The number of pyridine rings is 1. The third-order valence-corrected chi connectivity index (χ3v) is 2.74. The lowest BCUT2D eigenvalue weighted by Gasteiger charge is -2.09. The summed E-state index contributed by atoms with van der Waals surface area (Å²) in [5.74, 6) is 0. The standard InChI is InChI=1S/C8H8F2INO/c1-4-5(3-13)6(11)2-12-7(4)8(9)10/h2,8,13H,3H2,1H3. The van der Waals surface area contributed by atoms with Crippen LogP contribution in [0, 0.1) is 10.5 Å². The smallest absolute Gasteiger partial charge is 0.280 e. The van der Waals surface area contributed by atoms with Crippen LogP contribution in [0.5, 0.6) is 0 Å². The molecular weight excluding hydrogens is 291 g/mol. The highest BCUT2D eigenvalue weighted by molar-refractivity contribution is 14.1. The first kappa shape index (κ1) is 10.8. The number of aliphatic hydroxyl groups excluding tert-OH is 1. The molecule has 1 rings (SSSR count). The molecule has 1 aromatic rings. The van der Waals surface area contributed by atoms with Crippen LogP contribution in [0.25, 0.3) is 0 Å². The molecule has 1 aromatic heterocycles. The van der Waals surface area contributed by atoms with Gasteiger partial charge in [-0.25, -0.2) is 8.78 Å². The average molecular weight is 299 g/mol. The van der Waals surface area contributed by atoms with Crippen molar-refractivity contribution in [3.8, 4) is 0 Å². The fourth-order valence-corrected chi connectivity index (χ4v) is 1.76. The molecule has 0 spiro atoms. The Kier molecular flexibility index (Phi) is 3.55. The summed E-state index contributed by atoms with van der Waals surface area (Å²) in [6, 6.07) is 0. The summed E-state index contributed by atoms with van der Waals surface area (Å²) >= 11 is 1.96. The van der Waals surface area contributed by atoms with Gasteiger partial charge in [0.2, 0.25) is 0 Å². The topological polar surface area (TPSA) is 33.1 Å². The van der Waals surface area contributed by atoms with Gasteiger partial charge in [-0.3, -0.25) is 4.98 Å². The fraction of sp³-hybridized carbons (Fsp3) is 0.375. The highest BCUT2D eigenvalue weighted by atomic mass is 127. The molecule has 1 heterocycles. The molecular formula is C8H8F2INO. The number of rotatable bonds is 2. The Morgan fingerprint density at radius 2 is 2.23 bits per heavy atom. The van der Waals surface area contributed by atoms with Crippen LogP contribution in [-0.4, -0.2) is 10.1 Å². The Morgan fingerprint density at radius 3 is 2.69 bits per heavy atom. The van der Waals surface area contributed by atoms with E-state index in [-0.39, 0.29) is 12.3 Å². The molecule has 5 heteroatoms. The van der Waals surface area contributed by atoms with E-state index in [1.54, 1.807) is 6.92 Å². The number of alkyl halides is 2. The van der Waals surface area contributed by atoms with Crippen LogP contribution in [0.15, 0.2) is 6.20 Å². The van der Waals surface area contributed by atoms with Crippen molar-refractivity contribution in [1.29, 1.82) is 0 Å². The molecule has 1 N–H and O–H groups in total. The van der Waals surface area contributed by atoms with E-state index in [9.17, 15) is 8.78 Å². The Hall–Kier alpha value is -0.300. The Labute approximate surface area is 88.1 Å². The first-order valence-electron chi connectivity index (χ1n) is 3.60. The van der Waals surface area contributed by atoms with Gasteiger partial charge >= 0.3 is 0 Å². The molecule has 0 saturated heterocycles. The Morgan fingerprint density at radius 1 is 1.62 bits per heavy atom. The van der Waals surface area contributed by atoms with Crippen molar-refractivity contribution in [3.63, 3.8) is 0 Å². The van der Waals surface area contributed by atoms with E-state index in [0.717, 1.165) is 0 Å². The van der Waals surface area contributed by atoms with Gasteiger partial charge in [0.1, 0.15) is 5.69 Å². The van der Waals surface area contributed by atoms with E-state index < -0.39 is 6.43 Å². The summed E-state index contributed by atoms with van der Waals surface area (Å²) in [4.78, 5) is 3.62. The van der Waals surface area contributed by atoms with Crippen LogP contribution in [-0.2, 0) is 6.61 Å². The molecule has 0 aliphatic heterocycles. The van der Waals surface area contributed by atoms with Gasteiger partial charge < -0.3 is 5.11 Å². The molecule has 0 amide bonds. The van der Waals surface area contributed by atoms with Gasteiger partial charge in [0, 0.05) is 9.77 Å². The lowest BCUT2D eigenvalue weighted by Crippen LogP contribution is -2.02. The largest absolute Gasteiger partial charge is 0.392 e. The molecule has 0 saturated carbocycles. The van der Waals surface area contributed by atoms with Crippen LogP contribution >= 0.6 is 22.6 Å². The van der Waals surface area contributed by atoms with Gasteiger partial charge in [0.25, 0.3) is 6.43 Å². The molecule has 0 fully saturated rings. The Balaban J connectivity index is 3.27. The maximum absolute atomic E-state index is 12.3. The summed E-state index contributed by atoms with van der Waals surface area (Å²) < 4.78 is 25.4. The molecule has 0 aliphatic rings. The minimum absolute atomic E-state index is 0.230. The summed E-state index contributed by atoms with van der Waals surface area (Å²) in [6.07, 6.45) is -1.23. The third kappa shape index (κ3) is 2.14. The van der Waals surface area contributed by atoms with Crippen molar-refractivity contribution >= 4 is 22.6 Å². The summed E-state index contributed by atoms with van der Waals surface area (Å²) in [5.41, 5.74) is 0.666. The van der Waals surface area contributed by atoms with Crippen LogP contribution < -0.4 is 0 Å². The van der Waals surface area contributed by atoms with Crippen molar-refractivity contribution in [2.24, 2.45) is 0 Å². The quantitative estimate of drug-likeness (QED) is 0.851. The minimum Gasteiger partial charge on any atom is -0.392 e. The van der Waals surface area contributed by atoms with Crippen molar-refractivity contribution < 1.29 is 13.9 Å². The molecule has 13 heavy (non-hydrogen) atoms. The van der Waals surface area contributed by atoms with E-state index >= 15 is 0 Å². The van der Waals surface area contributed by atoms with Crippen molar-refractivity contribution in [2.45, 2.75) is 20.0 Å². The van der Waals surface area contributed by atoms with E-state index in [2.05, 4.69) is 4.98 Å². The maximum Gasteiger partial charge on any atom is 0.280 e. The zero-order valence-electron chi connectivity index (χ0n) is 6.89. The van der Waals surface area contributed by atoms with Crippen LogP contribution in [0.3, 0.4) is 0 Å². The summed E-state index contributed by atoms with van der Waals surface area (Å²) in [6.45, 7) is 1.31. The Bertz CT molecular complexity index is 317. The lowest BCUT2D eigenvalue weighted by atomic mass is 10.1. The number of hydrogen-bond acceptors (Lipinski definition) is 2. The molecule has 0 aromatic carbocycles. The van der Waals surface area contributed by atoms with Crippen LogP contribution in [0.2, 0.25) is 0 Å². The van der Waals surface area contributed by atoms with Gasteiger partial charge in [-0.1, -0.05) is 0 Å². The van der Waals surface area contributed by atoms with Gasteiger partial charge in [-0.15, -0.1) is 0 Å². The predicted molar refractivity (Wildman–Crippen MR) is 52.6 cm³/mol. The molecule has 2 nitrogen and oxygen atoms in total. The van der Waals surface area contributed by atoms with Gasteiger partial charge in [0.05, 0.1) is 6.61 Å². The zero-order chi connectivity index (χ0) is 10.0. The summed E-state index contributed by atoms with van der Waals surface area (Å²) in [7, 11) is 0. The predicted octanol–water partition coefficient (Wildman–Crippen LogP) is 2.42. The minimum atomic E-state index is -2.58. The van der Waals surface area contributed by atoms with Crippen LogP contribution in [0.1, 0.15) is 23.2 Å². The summed E-state index contributed by atoms with van der Waals surface area (Å²) in [5, 5.41) is 8.93. The number of nitrogens with zero attached hydrogens (tertiary/aromatic N) is 1. The molecule has 0 aliphatic carbocycles. The number of hydrogen-bond donors (Lipinski definition) is 1. The van der Waals surface area contributed by atoms with Crippen LogP contribution in [0.4, 0.5) is 8.78 Å². The first-order valence-corrected chi connectivity index (χ1v) is 4.68. The molecule has 72 valence electrons. The van der Waals surface area contributed by atoms with Gasteiger partial charge in [-0.2, -0.15) is 0 Å². The van der Waals surface area contributed by atoms with Crippen molar-refractivity contribution in [1.82, 2.24) is 4.98 Å². The van der Waals surface area contributed by atoms with E-state index in [1.807, 2.05) is 22.6 Å². The maximum atomic E-state index is 12.3. The number of aliphatic hydroxyl groups is 1. The van der Waals surface area contributed by atoms with E-state index in [1.165, 1.54) is 6.20 Å². The molecule has 0 unspecified atom stereocenters. The first-order chi connectivity index (χ1) is 6.07. The second-order valence-electron chi connectivity index (χ2n) is 2.55. The normalized spacial score (nSPS) is 10.9. The van der Waals surface area contributed by atoms with Gasteiger partial charge in [0.15, 0.2) is 0 Å². The average Bonchev–Trinajstić information content (AvgIpc) is 2.04. The van der Waals surface area contributed by atoms with Crippen molar-refractivity contribution in [2.75, 3.05) is 0 Å². The number of halogens is 3. The zero-order valence-corrected chi connectivity index (χ0v) is 9.05. The third-order valence-electron chi connectivity index (χ3n) is 1.81. The second-order valence-corrected chi connectivity index (χ2v) is 3.72. The highest BCUT2D eigenvalue weighted by Crippen LogP contribution is 2.25. The van der Waals surface area contributed by atoms with E-state index in [4.69, 9.17) is 5.11 Å². The van der Waals surface area contributed by atoms with Gasteiger partial charge in [-0.05, 0) is 40.6 Å². The van der Waals surface area contributed by atoms with Crippen molar-refractivity contribution in [3.05, 3.63) is 26.6 Å².